The number of hydrogen-bond acceptors (Lipinski definition) is 4. The molecule has 28 heavy (non-hydrogen) atoms. The van der Waals surface area contributed by atoms with E-state index in [2.05, 4.69) is 10.6 Å². The first-order valence-corrected chi connectivity index (χ1v) is 8.89. The number of nitrogens with two attached hydrogens (primary N) is 1. The highest BCUT2D eigenvalue weighted by Gasteiger charge is 2.25. The molecule has 0 saturated heterocycles. The van der Waals surface area contributed by atoms with Crippen LogP contribution in [0.1, 0.15) is 36.7 Å². The Bertz CT molecular complexity index is 844. The Morgan fingerprint density at radius 3 is 2.21 bits per heavy atom. The summed E-state index contributed by atoms with van der Waals surface area (Å²) in [6, 6.07) is 14.8. The summed E-state index contributed by atoms with van der Waals surface area (Å²) < 4.78 is 5.26. The first-order valence-electron chi connectivity index (χ1n) is 8.89. The second kappa shape index (κ2) is 9.03. The molecule has 7 nitrogen and oxygen atoms in total. The topological polar surface area (TPSA) is 111 Å². The Hall–Kier alpha value is -3.35. The molecule has 7 heteroatoms. The molecule has 0 aromatic heterocycles. The molecule has 1 atom stereocenters. The third-order valence-electron chi connectivity index (χ3n) is 3.74. The molecule has 0 saturated carbocycles. The van der Waals surface area contributed by atoms with Gasteiger partial charge in [0.15, 0.2) is 0 Å². The second-order valence-corrected chi connectivity index (χ2v) is 7.29. The largest absolute Gasteiger partial charge is 0.444 e. The SMILES string of the molecule is CC(C)(C)OC(=O)N[C@@H](Cc1ccccc1)C(=O)Nc1ccccc1C(N)=O. The number of hydrogen-bond donors (Lipinski definition) is 3. The minimum absolute atomic E-state index is 0.187. The molecule has 2 aromatic carbocycles. The Morgan fingerprint density at radius 1 is 1.00 bits per heavy atom. The maximum atomic E-state index is 12.9. The van der Waals surface area contributed by atoms with Gasteiger partial charge in [0.25, 0.3) is 5.91 Å². The van der Waals surface area contributed by atoms with Crippen molar-refractivity contribution in [3.63, 3.8) is 0 Å². The molecule has 3 amide bonds. The monoisotopic (exact) mass is 383 g/mol. The van der Waals surface area contributed by atoms with E-state index in [0.717, 1.165) is 5.56 Å². The van der Waals surface area contributed by atoms with Crippen molar-refractivity contribution >= 4 is 23.6 Å². The zero-order valence-electron chi connectivity index (χ0n) is 16.2. The van der Waals surface area contributed by atoms with Crippen molar-refractivity contribution in [1.82, 2.24) is 5.32 Å². The van der Waals surface area contributed by atoms with Gasteiger partial charge in [0.1, 0.15) is 11.6 Å². The normalized spacial score (nSPS) is 12.0. The van der Waals surface area contributed by atoms with E-state index in [-0.39, 0.29) is 17.7 Å². The van der Waals surface area contributed by atoms with Crippen LogP contribution in [0.2, 0.25) is 0 Å². The van der Waals surface area contributed by atoms with Crippen LogP contribution in [0.15, 0.2) is 54.6 Å². The van der Waals surface area contributed by atoms with E-state index >= 15 is 0 Å². The Morgan fingerprint density at radius 2 is 1.61 bits per heavy atom. The number of primary amides is 1. The Kier molecular flexibility index (Phi) is 6.76. The van der Waals surface area contributed by atoms with Gasteiger partial charge in [0.05, 0.1) is 11.3 Å². The highest BCUT2D eigenvalue weighted by atomic mass is 16.6. The number of benzene rings is 2. The standard InChI is InChI=1S/C21H25N3O4/c1-21(2,3)28-20(27)24-17(13-14-9-5-4-6-10-14)19(26)23-16-12-8-7-11-15(16)18(22)25/h4-12,17H,13H2,1-3H3,(H2,22,25)(H,23,26)(H,24,27)/t17-/m0/s1. The predicted octanol–water partition coefficient (Wildman–Crippen LogP) is 2.86. The molecule has 0 aliphatic carbocycles. The van der Waals surface area contributed by atoms with Crippen LogP contribution in [-0.2, 0) is 16.0 Å². The van der Waals surface area contributed by atoms with Gasteiger partial charge in [-0.05, 0) is 38.5 Å². The summed E-state index contributed by atoms with van der Waals surface area (Å²) in [6.45, 7) is 5.21. The molecule has 0 unspecified atom stereocenters. The number of carbonyl (C=O) groups is 3. The van der Waals surface area contributed by atoms with Crippen molar-refractivity contribution in [2.24, 2.45) is 5.73 Å². The van der Waals surface area contributed by atoms with Gasteiger partial charge in [0, 0.05) is 6.42 Å². The number of ether oxygens (including phenoxy) is 1. The molecule has 0 radical (unpaired) electrons. The number of alkyl carbamates (subject to hydrolysis) is 1. The molecule has 0 bridgehead atoms. The van der Waals surface area contributed by atoms with Crippen molar-refractivity contribution in [1.29, 1.82) is 0 Å². The maximum Gasteiger partial charge on any atom is 0.408 e. The Labute approximate surface area is 164 Å². The zero-order chi connectivity index (χ0) is 20.7. The molecule has 2 rings (SSSR count). The maximum absolute atomic E-state index is 12.9. The van der Waals surface area contributed by atoms with Crippen LogP contribution >= 0.6 is 0 Å². The smallest absolute Gasteiger partial charge is 0.408 e. The van der Waals surface area contributed by atoms with Crippen LogP contribution in [0.25, 0.3) is 0 Å². The van der Waals surface area contributed by atoms with E-state index < -0.39 is 29.6 Å². The van der Waals surface area contributed by atoms with Crippen molar-refractivity contribution in [2.75, 3.05) is 5.32 Å². The fourth-order valence-corrected chi connectivity index (χ4v) is 2.54. The average molecular weight is 383 g/mol. The lowest BCUT2D eigenvalue weighted by atomic mass is 10.0. The number of anilines is 1. The molecule has 2 aromatic rings. The highest BCUT2D eigenvalue weighted by Crippen LogP contribution is 2.16. The lowest BCUT2D eigenvalue weighted by Crippen LogP contribution is -2.47. The lowest BCUT2D eigenvalue weighted by molar-refractivity contribution is -0.118. The van der Waals surface area contributed by atoms with E-state index in [0.29, 0.717) is 0 Å². The van der Waals surface area contributed by atoms with E-state index in [1.165, 1.54) is 6.07 Å². The van der Waals surface area contributed by atoms with Crippen molar-refractivity contribution < 1.29 is 19.1 Å². The summed E-state index contributed by atoms with van der Waals surface area (Å²) in [5.74, 6) is -1.14. The molecule has 0 aliphatic heterocycles. The lowest BCUT2D eigenvalue weighted by Gasteiger charge is -2.23. The van der Waals surface area contributed by atoms with Gasteiger partial charge >= 0.3 is 6.09 Å². The summed E-state index contributed by atoms with van der Waals surface area (Å²) in [5, 5.41) is 5.27. The van der Waals surface area contributed by atoms with Crippen LogP contribution in [0.4, 0.5) is 10.5 Å². The van der Waals surface area contributed by atoms with Gasteiger partial charge in [-0.25, -0.2) is 4.79 Å². The van der Waals surface area contributed by atoms with Gasteiger partial charge in [-0.3, -0.25) is 9.59 Å². The van der Waals surface area contributed by atoms with E-state index in [4.69, 9.17) is 10.5 Å². The summed E-state index contributed by atoms with van der Waals surface area (Å²) in [6.07, 6.45) is -0.447. The van der Waals surface area contributed by atoms with E-state index in [1.54, 1.807) is 39.0 Å². The number of amides is 3. The fraction of sp³-hybridized carbons (Fsp3) is 0.286. The van der Waals surface area contributed by atoms with Crippen molar-refractivity contribution in [2.45, 2.75) is 38.8 Å². The summed E-state index contributed by atoms with van der Waals surface area (Å²) in [4.78, 5) is 36.6. The molecular weight excluding hydrogens is 358 g/mol. The summed E-state index contributed by atoms with van der Waals surface area (Å²) in [5.41, 5.74) is 5.99. The van der Waals surface area contributed by atoms with Crippen molar-refractivity contribution in [3.8, 4) is 0 Å². The molecule has 0 spiro atoms. The van der Waals surface area contributed by atoms with E-state index in [9.17, 15) is 14.4 Å². The van der Waals surface area contributed by atoms with Crippen LogP contribution < -0.4 is 16.4 Å². The van der Waals surface area contributed by atoms with E-state index in [1.807, 2.05) is 30.3 Å². The van der Waals surface area contributed by atoms with Gasteiger partial charge < -0.3 is 21.1 Å². The fourth-order valence-electron chi connectivity index (χ4n) is 2.54. The summed E-state index contributed by atoms with van der Waals surface area (Å²) >= 11 is 0. The second-order valence-electron chi connectivity index (χ2n) is 7.29. The van der Waals surface area contributed by atoms with Gasteiger partial charge in [-0.2, -0.15) is 0 Å². The quantitative estimate of drug-likeness (QED) is 0.712. The number of nitrogens with one attached hydrogen (secondary N) is 2. The number of rotatable bonds is 6. The molecule has 148 valence electrons. The minimum Gasteiger partial charge on any atom is -0.444 e. The predicted molar refractivity (Wildman–Crippen MR) is 107 cm³/mol. The number of carbonyl (C=O) groups excluding carboxylic acids is 3. The zero-order valence-corrected chi connectivity index (χ0v) is 16.2. The molecule has 0 aliphatic rings. The molecule has 0 fully saturated rings. The summed E-state index contributed by atoms with van der Waals surface area (Å²) in [7, 11) is 0. The third-order valence-corrected chi connectivity index (χ3v) is 3.74. The van der Waals surface area contributed by atoms with Gasteiger partial charge in [-0.1, -0.05) is 42.5 Å². The molecular formula is C21H25N3O4. The molecule has 0 heterocycles. The van der Waals surface area contributed by atoms with Gasteiger partial charge in [0.2, 0.25) is 5.91 Å². The highest BCUT2D eigenvalue weighted by molar-refractivity contribution is 6.04. The first-order chi connectivity index (χ1) is 13.2. The Balaban J connectivity index is 2.21. The van der Waals surface area contributed by atoms with Crippen LogP contribution in [0, 0.1) is 0 Å². The average Bonchev–Trinajstić information content (AvgIpc) is 2.60. The third kappa shape index (κ3) is 6.42. The van der Waals surface area contributed by atoms with Crippen LogP contribution in [0.5, 0.6) is 0 Å². The van der Waals surface area contributed by atoms with Crippen molar-refractivity contribution in [3.05, 3.63) is 65.7 Å². The number of para-hydroxylation sites is 1. The minimum atomic E-state index is -0.904. The van der Waals surface area contributed by atoms with Crippen LogP contribution in [0.3, 0.4) is 0 Å². The molecule has 4 N–H and O–H groups in total. The van der Waals surface area contributed by atoms with Gasteiger partial charge in [-0.15, -0.1) is 0 Å². The van der Waals surface area contributed by atoms with Crippen LogP contribution in [-0.4, -0.2) is 29.6 Å². The first kappa shape index (κ1) is 21.0.